The van der Waals surface area contributed by atoms with Gasteiger partial charge in [0.15, 0.2) is 15.8 Å². The molecule has 0 aliphatic heterocycles. The Kier molecular flexibility index (Phi) is 6.62. The van der Waals surface area contributed by atoms with Crippen molar-refractivity contribution in [1.82, 2.24) is 5.32 Å². The number of methoxy groups -OCH3 is 1. The van der Waals surface area contributed by atoms with Crippen molar-refractivity contribution in [2.45, 2.75) is 38.5 Å². The molecule has 0 spiro atoms. The van der Waals surface area contributed by atoms with Gasteiger partial charge in [-0.15, -0.1) is 0 Å². The molecule has 0 saturated carbocycles. The summed E-state index contributed by atoms with van der Waals surface area (Å²) in [7, 11) is -1.55. The molecule has 1 unspecified atom stereocenters. The fourth-order valence-corrected chi connectivity index (χ4v) is 2.13. The monoisotopic (exact) mass is 279 g/mol. The molecule has 0 amide bonds. The van der Waals surface area contributed by atoms with Crippen molar-refractivity contribution in [3.05, 3.63) is 0 Å². The lowest BCUT2D eigenvalue weighted by Gasteiger charge is -2.18. The summed E-state index contributed by atoms with van der Waals surface area (Å²) in [6.45, 7) is 7.60. The van der Waals surface area contributed by atoms with E-state index in [1.165, 1.54) is 0 Å². The van der Waals surface area contributed by atoms with Crippen molar-refractivity contribution in [3.8, 4) is 0 Å². The van der Waals surface area contributed by atoms with E-state index in [-0.39, 0.29) is 24.3 Å². The summed E-state index contributed by atoms with van der Waals surface area (Å²) in [4.78, 5) is 3.99. The van der Waals surface area contributed by atoms with Crippen LogP contribution in [0.25, 0.3) is 0 Å². The van der Waals surface area contributed by atoms with Crippen LogP contribution >= 0.6 is 0 Å². The van der Waals surface area contributed by atoms with E-state index in [1.54, 1.807) is 27.9 Å². The maximum absolute atomic E-state index is 11.8. The molecule has 0 aromatic rings. The van der Waals surface area contributed by atoms with Gasteiger partial charge < -0.3 is 15.8 Å². The summed E-state index contributed by atoms with van der Waals surface area (Å²) in [5.41, 5.74) is 5.63. The molecule has 0 aliphatic carbocycles. The normalized spacial score (nSPS) is 15.5. The molecule has 3 N–H and O–H groups in total. The zero-order valence-corrected chi connectivity index (χ0v) is 12.7. The highest BCUT2D eigenvalue weighted by Gasteiger charge is 2.28. The quantitative estimate of drug-likeness (QED) is 0.533. The summed E-state index contributed by atoms with van der Waals surface area (Å²) in [6.07, 6.45) is 0. The van der Waals surface area contributed by atoms with Crippen molar-refractivity contribution < 1.29 is 13.2 Å². The highest BCUT2D eigenvalue weighted by atomic mass is 32.2. The Bertz CT molecular complexity index is 371. The number of nitrogens with zero attached hydrogens (tertiary/aromatic N) is 1. The second-order valence-corrected chi connectivity index (χ2v) is 8.06. The number of nitrogens with one attached hydrogen (secondary N) is 1. The van der Waals surface area contributed by atoms with Crippen LogP contribution < -0.4 is 11.1 Å². The van der Waals surface area contributed by atoms with Crippen molar-refractivity contribution in [2.75, 3.05) is 26.0 Å². The third kappa shape index (κ3) is 6.20. The highest BCUT2D eigenvalue weighted by molar-refractivity contribution is 7.92. The third-order valence-electron chi connectivity index (χ3n) is 2.39. The number of sulfone groups is 1. The minimum Gasteiger partial charge on any atom is -0.383 e. The molecule has 0 aromatic heterocycles. The van der Waals surface area contributed by atoms with Gasteiger partial charge >= 0.3 is 0 Å². The average molecular weight is 279 g/mol. The number of rotatable bonds is 6. The smallest absolute Gasteiger partial charge is 0.188 e. The molecule has 0 saturated heterocycles. The van der Waals surface area contributed by atoms with Crippen LogP contribution in [0.1, 0.15) is 27.7 Å². The molecular weight excluding hydrogens is 254 g/mol. The van der Waals surface area contributed by atoms with Gasteiger partial charge in [-0.05, 0) is 27.7 Å². The summed E-state index contributed by atoms with van der Waals surface area (Å²) in [6, 6.07) is 0.0398. The predicted molar refractivity (Wildman–Crippen MR) is 74.5 cm³/mol. The van der Waals surface area contributed by atoms with E-state index in [4.69, 9.17) is 10.5 Å². The second kappa shape index (κ2) is 6.94. The Morgan fingerprint density at radius 1 is 1.44 bits per heavy atom. The summed E-state index contributed by atoms with van der Waals surface area (Å²) >= 11 is 0. The van der Waals surface area contributed by atoms with Gasteiger partial charge in [0.2, 0.25) is 0 Å². The third-order valence-corrected chi connectivity index (χ3v) is 4.97. The molecular formula is C11H25N3O3S. The molecule has 0 rings (SSSR count). The molecule has 1 atom stereocenters. The van der Waals surface area contributed by atoms with Gasteiger partial charge in [-0.3, -0.25) is 4.99 Å². The van der Waals surface area contributed by atoms with Gasteiger partial charge in [-0.1, -0.05) is 0 Å². The number of ether oxygens (including phenoxy) is 1. The molecule has 0 bridgehead atoms. The lowest BCUT2D eigenvalue weighted by Crippen LogP contribution is -2.41. The molecule has 7 heteroatoms. The summed E-state index contributed by atoms with van der Waals surface area (Å²) in [5, 5.41) is 2.91. The Labute approximate surface area is 110 Å². The molecule has 0 heterocycles. The average Bonchev–Trinajstić information content (AvgIpc) is 2.15. The van der Waals surface area contributed by atoms with E-state index in [9.17, 15) is 8.42 Å². The molecule has 0 radical (unpaired) electrons. The van der Waals surface area contributed by atoms with Crippen LogP contribution in [0.3, 0.4) is 0 Å². The van der Waals surface area contributed by atoms with Gasteiger partial charge in [0.05, 0.1) is 23.7 Å². The molecule has 0 aliphatic rings. The molecule has 0 fully saturated rings. The van der Waals surface area contributed by atoms with Crippen molar-refractivity contribution >= 4 is 15.8 Å². The van der Waals surface area contributed by atoms with E-state index in [0.29, 0.717) is 6.61 Å². The fraction of sp³-hybridized carbons (Fsp3) is 0.909. The minimum atomic E-state index is -3.15. The Morgan fingerprint density at radius 2 is 2.00 bits per heavy atom. The first-order valence-corrected chi connectivity index (χ1v) is 7.53. The van der Waals surface area contributed by atoms with Gasteiger partial charge in [-0.25, -0.2) is 8.42 Å². The zero-order chi connectivity index (χ0) is 14.4. The van der Waals surface area contributed by atoms with Crippen LogP contribution in [0.4, 0.5) is 0 Å². The number of hydrogen-bond acceptors (Lipinski definition) is 4. The van der Waals surface area contributed by atoms with Gasteiger partial charge in [0.25, 0.3) is 0 Å². The van der Waals surface area contributed by atoms with E-state index in [0.717, 1.165) is 0 Å². The molecule has 6 nitrogen and oxygen atoms in total. The van der Waals surface area contributed by atoms with Gasteiger partial charge in [0.1, 0.15) is 0 Å². The number of guanidine groups is 1. The summed E-state index contributed by atoms with van der Waals surface area (Å²) < 4.78 is 27.8. The van der Waals surface area contributed by atoms with Crippen LogP contribution in [0.5, 0.6) is 0 Å². The maximum Gasteiger partial charge on any atom is 0.188 e. The lowest BCUT2D eigenvalue weighted by atomic mass is 10.3. The first kappa shape index (κ1) is 17.2. The first-order valence-electron chi connectivity index (χ1n) is 5.88. The number of aliphatic imine (C=N–C) groups is 1. The standard InChI is InChI=1S/C11H25N3O3S/c1-9(8-17-5)14-10(12)13-6-7-18(15,16)11(2,3)4/h9H,6-8H2,1-5H3,(H3,12,13,14). The van der Waals surface area contributed by atoms with E-state index in [2.05, 4.69) is 10.3 Å². The van der Waals surface area contributed by atoms with Crippen molar-refractivity contribution in [3.63, 3.8) is 0 Å². The zero-order valence-electron chi connectivity index (χ0n) is 11.9. The van der Waals surface area contributed by atoms with Gasteiger partial charge in [0, 0.05) is 13.2 Å². The van der Waals surface area contributed by atoms with Crippen molar-refractivity contribution in [2.24, 2.45) is 10.7 Å². The number of nitrogens with two attached hydrogens (primary N) is 1. The highest BCUT2D eigenvalue weighted by Crippen LogP contribution is 2.15. The van der Waals surface area contributed by atoms with Crippen molar-refractivity contribution in [1.29, 1.82) is 0 Å². The van der Waals surface area contributed by atoms with Crippen LogP contribution in [-0.4, -0.2) is 51.2 Å². The lowest BCUT2D eigenvalue weighted by molar-refractivity contribution is 0.179. The van der Waals surface area contributed by atoms with Crippen LogP contribution in [0, 0.1) is 0 Å². The van der Waals surface area contributed by atoms with Crippen LogP contribution in [0.2, 0.25) is 0 Å². The fourth-order valence-electron chi connectivity index (χ4n) is 1.18. The Morgan fingerprint density at radius 3 is 2.44 bits per heavy atom. The minimum absolute atomic E-state index is 0.00244. The topological polar surface area (TPSA) is 93.8 Å². The van der Waals surface area contributed by atoms with E-state index < -0.39 is 14.6 Å². The SMILES string of the molecule is COCC(C)NC(N)=NCCS(=O)(=O)C(C)(C)C. The number of hydrogen-bond donors (Lipinski definition) is 2. The van der Waals surface area contributed by atoms with Crippen LogP contribution in [-0.2, 0) is 14.6 Å². The molecule has 108 valence electrons. The predicted octanol–water partition coefficient (Wildman–Crippen LogP) is 0.139. The van der Waals surface area contributed by atoms with E-state index in [1.807, 2.05) is 6.92 Å². The first-order chi connectivity index (χ1) is 8.10. The van der Waals surface area contributed by atoms with Gasteiger partial charge in [-0.2, -0.15) is 0 Å². The largest absolute Gasteiger partial charge is 0.383 e. The second-order valence-electron chi connectivity index (χ2n) is 5.20. The van der Waals surface area contributed by atoms with E-state index >= 15 is 0 Å². The maximum atomic E-state index is 11.8. The van der Waals surface area contributed by atoms with Crippen LogP contribution in [0.15, 0.2) is 4.99 Å². The molecule has 0 aromatic carbocycles. The Hall–Kier alpha value is -0.820. The molecule has 18 heavy (non-hydrogen) atoms. The summed E-state index contributed by atoms with van der Waals surface area (Å²) in [5.74, 6) is 0.237. The Balaban J connectivity index is 4.25.